The number of amides is 1. The topological polar surface area (TPSA) is 75.1 Å². The van der Waals surface area contributed by atoms with Gasteiger partial charge in [-0.15, -0.1) is 24.8 Å². The number of hydrogen-bond acceptors (Lipinski definition) is 5. The van der Waals surface area contributed by atoms with Gasteiger partial charge in [0, 0.05) is 51.2 Å². The van der Waals surface area contributed by atoms with Crippen molar-refractivity contribution in [3.63, 3.8) is 0 Å². The molecule has 144 valence electrons. The fourth-order valence-corrected chi connectivity index (χ4v) is 2.87. The van der Waals surface area contributed by atoms with Gasteiger partial charge in [0.15, 0.2) is 5.82 Å². The van der Waals surface area contributed by atoms with Gasteiger partial charge < -0.3 is 10.6 Å². The van der Waals surface area contributed by atoms with E-state index in [0.717, 1.165) is 49.9 Å². The maximum Gasteiger partial charge on any atom is 0.252 e. The Kier molecular flexibility index (Phi) is 9.01. The Labute approximate surface area is 166 Å². The lowest BCUT2D eigenvalue weighted by atomic mass is 10.2. The van der Waals surface area contributed by atoms with Crippen molar-refractivity contribution in [1.29, 1.82) is 0 Å². The first-order valence-corrected chi connectivity index (χ1v) is 8.34. The van der Waals surface area contributed by atoms with Crippen LogP contribution in [0, 0.1) is 13.8 Å². The first kappa shape index (κ1) is 22.4. The van der Waals surface area contributed by atoms with Crippen LogP contribution >= 0.6 is 24.8 Å². The van der Waals surface area contributed by atoms with E-state index in [-0.39, 0.29) is 30.7 Å². The molecule has 3 rings (SSSR count). The molecule has 0 unspecified atom stereocenters. The van der Waals surface area contributed by atoms with Crippen molar-refractivity contribution in [1.82, 2.24) is 30.3 Å². The number of piperazine rings is 1. The predicted octanol–water partition coefficient (Wildman–Crippen LogP) is 1.36. The second-order valence-corrected chi connectivity index (χ2v) is 6.09. The van der Waals surface area contributed by atoms with Crippen LogP contribution in [0.25, 0.3) is 5.82 Å². The summed E-state index contributed by atoms with van der Waals surface area (Å²) in [6, 6.07) is 5.61. The van der Waals surface area contributed by atoms with E-state index in [1.54, 1.807) is 16.9 Å². The summed E-state index contributed by atoms with van der Waals surface area (Å²) in [6.07, 6.45) is 1.60. The fourth-order valence-electron chi connectivity index (χ4n) is 2.87. The minimum atomic E-state index is -0.0856. The summed E-state index contributed by atoms with van der Waals surface area (Å²) in [5, 5.41) is 10.7. The lowest BCUT2D eigenvalue weighted by molar-refractivity contribution is 0.0947. The van der Waals surface area contributed by atoms with Gasteiger partial charge in [-0.05, 0) is 32.0 Å². The van der Waals surface area contributed by atoms with Crippen LogP contribution in [0.1, 0.15) is 21.7 Å². The van der Waals surface area contributed by atoms with E-state index in [2.05, 4.69) is 25.6 Å². The molecule has 1 amide bonds. The minimum absolute atomic E-state index is 0. The second-order valence-electron chi connectivity index (χ2n) is 6.09. The second kappa shape index (κ2) is 10.5. The van der Waals surface area contributed by atoms with Crippen molar-refractivity contribution >= 4 is 30.7 Å². The molecule has 1 aliphatic heterocycles. The average Bonchev–Trinajstić information content (AvgIpc) is 2.94. The van der Waals surface area contributed by atoms with Crippen molar-refractivity contribution in [2.45, 2.75) is 13.8 Å². The van der Waals surface area contributed by atoms with Crippen LogP contribution in [0.5, 0.6) is 0 Å². The highest BCUT2D eigenvalue weighted by Crippen LogP contribution is 2.10. The molecule has 0 aliphatic carbocycles. The SMILES string of the molecule is Cc1cc(C)n(-c2ccc(C(=O)NCCN3CCNCC3)cn2)n1.Cl.Cl. The molecule has 2 N–H and O–H groups in total. The van der Waals surface area contributed by atoms with Gasteiger partial charge in [0.1, 0.15) is 0 Å². The van der Waals surface area contributed by atoms with Crippen LogP contribution in [-0.4, -0.2) is 64.8 Å². The number of rotatable bonds is 5. The van der Waals surface area contributed by atoms with Crippen molar-refractivity contribution in [2.24, 2.45) is 0 Å². The van der Waals surface area contributed by atoms with Crippen LogP contribution in [0.2, 0.25) is 0 Å². The molecule has 0 atom stereocenters. The minimum Gasteiger partial charge on any atom is -0.351 e. The lowest BCUT2D eigenvalue weighted by Crippen LogP contribution is -2.46. The van der Waals surface area contributed by atoms with Gasteiger partial charge in [-0.2, -0.15) is 5.10 Å². The first-order valence-electron chi connectivity index (χ1n) is 8.34. The van der Waals surface area contributed by atoms with Gasteiger partial charge in [-0.1, -0.05) is 0 Å². The number of halogens is 2. The van der Waals surface area contributed by atoms with Crippen LogP contribution in [0.15, 0.2) is 24.4 Å². The van der Waals surface area contributed by atoms with Gasteiger partial charge in [0.2, 0.25) is 0 Å². The number of nitrogens with one attached hydrogen (secondary N) is 2. The molecular weight excluding hydrogens is 375 g/mol. The summed E-state index contributed by atoms with van der Waals surface area (Å²) in [4.78, 5) is 18.9. The maximum atomic E-state index is 12.2. The average molecular weight is 401 g/mol. The molecule has 0 bridgehead atoms. The quantitative estimate of drug-likeness (QED) is 0.792. The van der Waals surface area contributed by atoms with Crippen LogP contribution in [-0.2, 0) is 0 Å². The van der Waals surface area contributed by atoms with E-state index >= 15 is 0 Å². The van der Waals surface area contributed by atoms with Gasteiger partial charge in [-0.25, -0.2) is 9.67 Å². The summed E-state index contributed by atoms with van der Waals surface area (Å²) < 4.78 is 1.78. The molecular formula is C17H26Cl2N6O. The number of carbonyl (C=O) groups excluding carboxylic acids is 1. The number of aryl methyl sites for hydroxylation is 2. The summed E-state index contributed by atoms with van der Waals surface area (Å²) in [5.41, 5.74) is 2.54. The molecule has 9 heteroatoms. The Morgan fingerprint density at radius 2 is 1.96 bits per heavy atom. The Morgan fingerprint density at radius 1 is 1.23 bits per heavy atom. The number of aromatic nitrogens is 3. The molecule has 0 radical (unpaired) electrons. The van der Waals surface area contributed by atoms with Crippen LogP contribution in [0.4, 0.5) is 0 Å². The van der Waals surface area contributed by atoms with E-state index in [4.69, 9.17) is 0 Å². The summed E-state index contributed by atoms with van der Waals surface area (Å²) >= 11 is 0. The molecule has 2 aromatic rings. The summed E-state index contributed by atoms with van der Waals surface area (Å²) in [7, 11) is 0. The Bertz CT molecular complexity index is 698. The molecule has 7 nitrogen and oxygen atoms in total. The van der Waals surface area contributed by atoms with Crippen LogP contribution in [0.3, 0.4) is 0 Å². The van der Waals surface area contributed by atoms with E-state index in [1.807, 2.05) is 26.0 Å². The zero-order valence-corrected chi connectivity index (χ0v) is 16.7. The van der Waals surface area contributed by atoms with Gasteiger partial charge >= 0.3 is 0 Å². The highest BCUT2D eigenvalue weighted by atomic mass is 35.5. The Balaban J connectivity index is 0.00000169. The smallest absolute Gasteiger partial charge is 0.252 e. The van der Waals surface area contributed by atoms with Crippen molar-refractivity contribution < 1.29 is 4.79 Å². The maximum absolute atomic E-state index is 12.2. The van der Waals surface area contributed by atoms with Crippen molar-refractivity contribution in [3.8, 4) is 5.82 Å². The molecule has 1 saturated heterocycles. The Morgan fingerprint density at radius 3 is 2.54 bits per heavy atom. The summed E-state index contributed by atoms with van der Waals surface area (Å²) in [6.45, 7) is 9.58. The van der Waals surface area contributed by atoms with Crippen molar-refractivity contribution in [2.75, 3.05) is 39.3 Å². The third kappa shape index (κ3) is 5.67. The van der Waals surface area contributed by atoms with Gasteiger partial charge in [-0.3, -0.25) is 9.69 Å². The zero-order valence-electron chi connectivity index (χ0n) is 15.1. The van der Waals surface area contributed by atoms with Crippen LogP contribution < -0.4 is 10.6 Å². The van der Waals surface area contributed by atoms with E-state index < -0.39 is 0 Å². The molecule has 0 spiro atoms. The molecule has 0 saturated carbocycles. The zero-order chi connectivity index (χ0) is 16.9. The standard InChI is InChI=1S/C17H24N6O.2ClH/c1-13-11-14(2)23(21-13)16-4-3-15(12-20-16)17(24)19-7-10-22-8-5-18-6-9-22;;/h3-4,11-12,18H,5-10H2,1-2H3,(H,19,24);2*1H. The molecule has 26 heavy (non-hydrogen) atoms. The normalized spacial score (nSPS) is 14.2. The molecule has 1 aliphatic rings. The number of carbonyl (C=O) groups is 1. The number of pyridine rings is 1. The van der Waals surface area contributed by atoms with Gasteiger partial charge in [0.25, 0.3) is 5.91 Å². The largest absolute Gasteiger partial charge is 0.351 e. The summed E-state index contributed by atoms with van der Waals surface area (Å²) in [5.74, 6) is 0.635. The molecule has 2 aromatic heterocycles. The highest BCUT2D eigenvalue weighted by molar-refractivity contribution is 5.93. The third-order valence-electron chi connectivity index (χ3n) is 4.16. The molecule has 1 fully saturated rings. The predicted molar refractivity (Wildman–Crippen MR) is 107 cm³/mol. The number of hydrogen-bond donors (Lipinski definition) is 2. The van der Waals surface area contributed by atoms with Gasteiger partial charge in [0.05, 0.1) is 11.3 Å². The number of nitrogens with zero attached hydrogens (tertiary/aromatic N) is 4. The van der Waals surface area contributed by atoms with E-state index in [0.29, 0.717) is 12.1 Å². The monoisotopic (exact) mass is 400 g/mol. The van der Waals surface area contributed by atoms with E-state index in [9.17, 15) is 4.79 Å². The first-order chi connectivity index (χ1) is 11.6. The molecule has 0 aromatic carbocycles. The van der Waals surface area contributed by atoms with E-state index in [1.165, 1.54) is 0 Å². The molecule has 3 heterocycles. The highest BCUT2D eigenvalue weighted by Gasteiger charge is 2.11. The Hall–Kier alpha value is -1.67. The third-order valence-corrected chi connectivity index (χ3v) is 4.16. The van der Waals surface area contributed by atoms with Crippen molar-refractivity contribution in [3.05, 3.63) is 41.3 Å². The fraction of sp³-hybridized carbons (Fsp3) is 0.471. The lowest BCUT2D eigenvalue weighted by Gasteiger charge is -2.27.